The first-order valence-electron chi connectivity index (χ1n) is 5.98. The highest BCUT2D eigenvalue weighted by molar-refractivity contribution is 6.31. The Morgan fingerprint density at radius 1 is 1.44 bits per heavy atom. The van der Waals surface area contributed by atoms with Crippen molar-refractivity contribution in [1.82, 2.24) is 9.55 Å². The van der Waals surface area contributed by atoms with Gasteiger partial charge in [0.05, 0.1) is 29.6 Å². The van der Waals surface area contributed by atoms with Crippen molar-refractivity contribution in [3.8, 4) is 0 Å². The summed E-state index contributed by atoms with van der Waals surface area (Å²) >= 11 is 12.0. The van der Waals surface area contributed by atoms with E-state index in [2.05, 4.69) is 9.55 Å². The molecule has 0 fully saturated rings. The second kappa shape index (κ2) is 5.91. The number of fused-ring (bicyclic) bond motifs is 1. The summed E-state index contributed by atoms with van der Waals surface area (Å²) in [6.45, 7) is 5.46. The van der Waals surface area contributed by atoms with E-state index in [0.29, 0.717) is 17.5 Å². The van der Waals surface area contributed by atoms with Crippen LogP contribution in [0.3, 0.4) is 0 Å². The van der Waals surface area contributed by atoms with Crippen LogP contribution in [-0.4, -0.2) is 22.3 Å². The zero-order valence-electron chi connectivity index (χ0n) is 10.5. The molecule has 98 valence electrons. The number of ether oxygens (including phenoxy) is 1. The van der Waals surface area contributed by atoms with Crippen LogP contribution in [-0.2, 0) is 17.2 Å². The van der Waals surface area contributed by atoms with Gasteiger partial charge >= 0.3 is 0 Å². The van der Waals surface area contributed by atoms with E-state index in [0.717, 1.165) is 23.4 Å². The van der Waals surface area contributed by atoms with Crippen LogP contribution in [0.4, 0.5) is 0 Å². The second-order valence-electron chi connectivity index (χ2n) is 4.17. The fourth-order valence-corrected chi connectivity index (χ4v) is 2.42. The van der Waals surface area contributed by atoms with Gasteiger partial charge in [-0.25, -0.2) is 4.98 Å². The summed E-state index contributed by atoms with van der Waals surface area (Å²) in [5, 5.41) is 0.703. The molecular formula is C13H16Cl2N2O. The maximum absolute atomic E-state index is 6.04. The lowest BCUT2D eigenvalue weighted by Gasteiger charge is -2.14. The Kier molecular flexibility index (Phi) is 4.49. The highest BCUT2D eigenvalue weighted by Gasteiger charge is 2.13. The molecule has 0 N–H and O–H groups in total. The molecule has 0 aliphatic carbocycles. The number of nitrogens with zero attached hydrogens (tertiary/aromatic N) is 2. The van der Waals surface area contributed by atoms with Gasteiger partial charge in [0.2, 0.25) is 0 Å². The minimum absolute atomic E-state index is 0.119. The molecule has 0 aliphatic heterocycles. The third kappa shape index (κ3) is 2.79. The van der Waals surface area contributed by atoms with E-state index < -0.39 is 0 Å². The van der Waals surface area contributed by atoms with E-state index in [-0.39, 0.29) is 6.10 Å². The average Bonchev–Trinajstić information content (AvgIpc) is 2.67. The third-order valence-electron chi connectivity index (χ3n) is 2.80. The monoisotopic (exact) mass is 286 g/mol. The van der Waals surface area contributed by atoms with Crippen LogP contribution in [0, 0.1) is 0 Å². The fraction of sp³-hybridized carbons (Fsp3) is 0.462. The number of hydrogen-bond donors (Lipinski definition) is 0. The first-order valence-corrected chi connectivity index (χ1v) is 6.89. The van der Waals surface area contributed by atoms with Gasteiger partial charge in [0.1, 0.15) is 5.82 Å². The Balaban J connectivity index is 2.42. The summed E-state index contributed by atoms with van der Waals surface area (Å²) in [6.07, 6.45) is 0.119. The summed E-state index contributed by atoms with van der Waals surface area (Å²) in [4.78, 5) is 4.50. The smallest absolute Gasteiger partial charge is 0.124 e. The molecule has 1 atom stereocenters. The number of halogens is 2. The van der Waals surface area contributed by atoms with E-state index >= 15 is 0 Å². The molecule has 0 saturated heterocycles. The van der Waals surface area contributed by atoms with Crippen molar-refractivity contribution < 1.29 is 4.74 Å². The van der Waals surface area contributed by atoms with E-state index in [9.17, 15) is 0 Å². The number of alkyl halides is 1. The summed E-state index contributed by atoms with van der Waals surface area (Å²) in [6, 6.07) is 5.67. The Labute approximate surface area is 117 Å². The molecule has 1 aromatic heterocycles. The molecule has 1 heterocycles. The van der Waals surface area contributed by atoms with Crippen LogP contribution in [0.15, 0.2) is 18.2 Å². The minimum Gasteiger partial charge on any atom is -0.377 e. The van der Waals surface area contributed by atoms with E-state index in [1.54, 1.807) is 0 Å². The quantitative estimate of drug-likeness (QED) is 0.781. The zero-order valence-corrected chi connectivity index (χ0v) is 12.0. The van der Waals surface area contributed by atoms with Crippen molar-refractivity contribution in [2.24, 2.45) is 0 Å². The van der Waals surface area contributed by atoms with Crippen molar-refractivity contribution in [3.63, 3.8) is 0 Å². The van der Waals surface area contributed by atoms with Crippen molar-refractivity contribution in [2.45, 2.75) is 32.4 Å². The predicted octanol–water partition coefficient (Wildman–Crippen LogP) is 3.85. The summed E-state index contributed by atoms with van der Waals surface area (Å²) in [5.74, 6) is 1.23. The van der Waals surface area contributed by atoms with Crippen LogP contribution in [0.1, 0.15) is 19.7 Å². The summed E-state index contributed by atoms with van der Waals surface area (Å²) in [5.41, 5.74) is 1.92. The topological polar surface area (TPSA) is 27.1 Å². The highest BCUT2D eigenvalue weighted by atomic mass is 35.5. The number of aromatic nitrogens is 2. The number of imidazole rings is 1. The van der Waals surface area contributed by atoms with Crippen LogP contribution < -0.4 is 0 Å². The summed E-state index contributed by atoms with van der Waals surface area (Å²) in [7, 11) is 0. The van der Waals surface area contributed by atoms with Crippen LogP contribution >= 0.6 is 23.2 Å². The standard InChI is InChI=1S/C13H16Cl2N2O/c1-3-18-9(2)8-17-12-6-10(15)4-5-11(12)16-13(17)7-14/h4-6,9H,3,7-8H2,1-2H3. The molecule has 0 amide bonds. The van der Waals surface area contributed by atoms with Crippen molar-refractivity contribution in [1.29, 1.82) is 0 Å². The van der Waals surface area contributed by atoms with Crippen molar-refractivity contribution >= 4 is 34.2 Å². The molecule has 0 spiro atoms. The molecular weight excluding hydrogens is 271 g/mol. The second-order valence-corrected chi connectivity index (χ2v) is 4.87. The van der Waals surface area contributed by atoms with Crippen molar-refractivity contribution in [2.75, 3.05) is 6.61 Å². The molecule has 1 aromatic carbocycles. The van der Waals surface area contributed by atoms with Gasteiger partial charge in [-0.2, -0.15) is 0 Å². The normalized spacial score (nSPS) is 13.1. The predicted molar refractivity (Wildman–Crippen MR) is 75.4 cm³/mol. The lowest BCUT2D eigenvalue weighted by atomic mass is 10.3. The molecule has 0 radical (unpaired) electrons. The molecule has 0 saturated carbocycles. The van der Waals surface area contributed by atoms with Crippen molar-refractivity contribution in [3.05, 3.63) is 29.0 Å². The van der Waals surface area contributed by atoms with Crippen LogP contribution in [0.5, 0.6) is 0 Å². The van der Waals surface area contributed by atoms with Gasteiger partial charge < -0.3 is 9.30 Å². The lowest BCUT2D eigenvalue weighted by Crippen LogP contribution is -2.17. The maximum atomic E-state index is 6.04. The molecule has 5 heteroatoms. The Bertz CT molecular complexity index is 539. The molecule has 1 unspecified atom stereocenters. The number of hydrogen-bond acceptors (Lipinski definition) is 2. The Hall–Kier alpha value is -0.770. The molecule has 18 heavy (non-hydrogen) atoms. The summed E-state index contributed by atoms with van der Waals surface area (Å²) < 4.78 is 7.65. The number of rotatable bonds is 5. The van der Waals surface area contributed by atoms with E-state index in [4.69, 9.17) is 27.9 Å². The van der Waals surface area contributed by atoms with Gasteiger partial charge in [-0.05, 0) is 32.0 Å². The van der Waals surface area contributed by atoms with E-state index in [1.165, 1.54) is 0 Å². The average molecular weight is 287 g/mol. The zero-order chi connectivity index (χ0) is 13.1. The SMILES string of the molecule is CCOC(C)Cn1c(CCl)nc2ccc(Cl)cc21. The minimum atomic E-state index is 0.119. The highest BCUT2D eigenvalue weighted by Crippen LogP contribution is 2.22. The number of benzene rings is 1. The van der Waals surface area contributed by atoms with Gasteiger partial charge in [-0.15, -0.1) is 11.6 Å². The molecule has 0 bridgehead atoms. The Morgan fingerprint density at radius 3 is 2.89 bits per heavy atom. The molecule has 2 rings (SSSR count). The Morgan fingerprint density at radius 2 is 2.22 bits per heavy atom. The largest absolute Gasteiger partial charge is 0.377 e. The van der Waals surface area contributed by atoms with Gasteiger partial charge in [0.25, 0.3) is 0 Å². The van der Waals surface area contributed by atoms with Crippen LogP contribution in [0.2, 0.25) is 5.02 Å². The third-order valence-corrected chi connectivity index (χ3v) is 3.27. The van der Waals surface area contributed by atoms with Gasteiger partial charge in [-0.3, -0.25) is 0 Å². The van der Waals surface area contributed by atoms with E-state index in [1.807, 2.05) is 32.0 Å². The van der Waals surface area contributed by atoms with Gasteiger partial charge in [-0.1, -0.05) is 11.6 Å². The lowest BCUT2D eigenvalue weighted by molar-refractivity contribution is 0.0643. The fourth-order valence-electron chi connectivity index (χ4n) is 2.05. The van der Waals surface area contributed by atoms with Gasteiger partial charge in [0.15, 0.2) is 0 Å². The molecule has 0 aliphatic rings. The first kappa shape index (κ1) is 13.7. The van der Waals surface area contributed by atoms with Crippen LogP contribution in [0.25, 0.3) is 11.0 Å². The molecule has 2 aromatic rings. The molecule has 3 nitrogen and oxygen atoms in total. The maximum Gasteiger partial charge on any atom is 0.124 e. The van der Waals surface area contributed by atoms with Gasteiger partial charge in [0, 0.05) is 11.6 Å². The first-order chi connectivity index (χ1) is 8.65.